The Balaban J connectivity index is 1.43. The third-order valence-electron chi connectivity index (χ3n) is 8.51. The summed E-state index contributed by atoms with van der Waals surface area (Å²) in [5.41, 5.74) is 8.76. The SMILES string of the molecule is COc1ccc([C@H]2C3=C(N=c4s/c(=C\c5cc(C)n(-c6ccc(F)c(Cl)c6)c5C)c(=O)n42)c2ccccc2CC3)cc1OC. The van der Waals surface area contributed by atoms with E-state index >= 15 is 0 Å². The van der Waals surface area contributed by atoms with Crippen molar-refractivity contribution in [3.63, 3.8) is 0 Å². The van der Waals surface area contributed by atoms with Crippen LogP contribution in [0.3, 0.4) is 0 Å². The van der Waals surface area contributed by atoms with Crippen molar-refractivity contribution >= 4 is 34.7 Å². The van der Waals surface area contributed by atoms with Crippen molar-refractivity contribution in [1.29, 1.82) is 0 Å². The number of aromatic nitrogens is 2. The second-order valence-electron chi connectivity index (χ2n) is 11.0. The zero-order valence-electron chi connectivity index (χ0n) is 24.7. The first-order valence-corrected chi connectivity index (χ1v) is 15.5. The largest absolute Gasteiger partial charge is 0.493 e. The minimum absolute atomic E-state index is 0.0607. The lowest BCUT2D eigenvalue weighted by Crippen LogP contribution is -2.38. The maximum atomic E-state index is 14.3. The molecule has 44 heavy (non-hydrogen) atoms. The number of nitrogens with zero attached hydrogens (tertiary/aromatic N) is 3. The summed E-state index contributed by atoms with van der Waals surface area (Å²) in [7, 11) is 3.23. The molecule has 0 fully saturated rings. The van der Waals surface area contributed by atoms with Crippen molar-refractivity contribution < 1.29 is 13.9 Å². The lowest BCUT2D eigenvalue weighted by molar-refractivity contribution is 0.354. The molecule has 6 nitrogen and oxygen atoms in total. The number of hydrogen-bond acceptors (Lipinski definition) is 5. The van der Waals surface area contributed by atoms with E-state index in [2.05, 4.69) is 18.2 Å². The van der Waals surface area contributed by atoms with Gasteiger partial charge < -0.3 is 14.0 Å². The van der Waals surface area contributed by atoms with Crippen molar-refractivity contribution in [2.24, 2.45) is 4.99 Å². The van der Waals surface area contributed by atoms with E-state index in [1.807, 2.05) is 59.4 Å². The zero-order valence-corrected chi connectivity index (χ0v) is 26.2. The van der Waals surface area contributed by atoms with E-state index < -0.39 is 5.82 Å². The molecule has 3 heterocycles. The Hall–Kier alpha value is -4.40. The first-order chi connectivity index (χ1) is 21.3. The highest BCUT2D eigenvalue weighted by molar-refractivity contribution is 7.07. The van der Waals surface area contributed by atoms with Crippen molar-refractivity contribution in [3.8, 4) is 17.2 Å². The molecule has 1 atom stereocenters. The Morgan fingerprint density at radius 2 is 1.80 bits per heavy atom. The molecule has 7 rings (SSSR count). The van der Waals surface area contributed by atoms with Gasteiger partial charge in [-0.3, -0.25) is 9.36 Å². The minimum Gasteiger partial charge on any atom is -0.493 e. The second kappa shape index (κ2) is 10.9. The number of thiazole rings is 1. The van der Waals surface area contributed by atoms with E-state index in [9.17, 15) is 9.18 Å². The highest BCUT2D eigenvalue weighted by atomic mass is 35.5. The van der Waals surface area contributed by atoms with Crippen molar-refractivity contribution in [2.75, 3.05) is 14.2 Å². The van der Waals surface area contributed by atoms with E-state index in [1.54, 1.807) is 26.4 Å². The number of fused-ring (bicyclic) bond motifs is 3. The van der Waals surface area contributed by atoms with Crippen LogP contribution in [0.1, 0.15) is 46.1 Å². The summed E-state index contributed by atoms with van der Waals surface area (Å²) >= 11 is 7.48. The summed E-state index contributed by atoms with van der Waals surface area (Å²) in [6.45, 7) is 3.96. The first-order valence-electron chi connectivity index (χ1n) is 14.3. The molecule has 1 aliphatic carbocycles. The predicted molar refractivity (Wildman–Crippen MR) is 173 cm³/mol. The molecule has 2 aromatic heterocycles. The van der Waals surface area contributed by atoms with Gasteiger partial charge in [0.2, 0.25) is 0 Å². The highest BCUT2D eigenvalue weighted by Gasteiger charge is 2.33. The summed E-state index contributed by atoms with van der Waals surface area (Å²) in [6.07, 6.45) is 3.59. The second-order valence-corrected chi connectivity index (χ2v) is 12.4. The molecule has 1 aliphatic heterocycles. The molecule has 0 bridgehead atoms. The van der Waals surface area contributed by atoms with E-state index in [0.29, 0.717) is 20.8 Å². The van der Waals surface area contributed by atoms with Gasteiger partial charge in [-0.25, -0.2) is 9.38 Å². The predicted octanol–water partition coefficient (Wildman–Crippen LogP) is 6.54. The number of halogens is 2. The lowest BCUT2D eigenvalue weighted by atomic mass is 9.83. The van der Waals surface area contributed by atoms with Crippen LogP contribution < -0.4 is 24.4 Å². The third-order valence-corrected chi connectivity index (χ3v) is 9.79. The number of hydrogen-bond donors (Lipinski definition) is 0. The number of allylic oxidation sites excluding steroid dienone is 1. The lowest BCUT2D eigenvalue weighted by Gasteiger charge is -2.31. The maximum Gasteiger partial charge on any atom is 0.271 e. The van der Waals surface area contributed by atoms with Gasteiger partial charge in [-0.1, -0.05) is 53.3 Å². The van der Waals surface area contributed by atoms with Crippen LogP contribution in [-0.4, -0.2) is 23.4 Å². The first kappa shape index (κ1) is 28.4. The standard InChI is InChI=1S/C35H29ClFN3O3S/c1-19-15-23(20(2)39(19)24-11-13-28(37)27(36)18-24)17-31-34(41)40-33(22-10-14-29(42-3)30(16-22)43-4)26-12-9-21-7-5-6-8-25(21)32(26)38-35(40)44-31/h5-8,10-11,13-18,33H,9,12H2,1-4H3/b31-17-/t33-/m0/s1. The van der Waals surface area contributed by atoms with Gasteiger partial charge in [0, 0.05) is 22.6 Å². The van der Waals surface area contributed by atoms with Gasteiger partial charge >= 0.3 is 0 Å². The van der Waals surface area contributed by atoms with Crippen LogP contribution >= 0.6 is 22.9 Å². The molecule has 222 valence electrons. The van der Waals surface area contributed by atoms with Gasteiger partial charge in [0.05, 0.1) is 35.5 Å². The topological polar surface area (TPSA) is 57.8 Å². The maximum absolute atomic E-state index is 14.3. The van der Waals surface area contributed by atoms with Gasteiger partial charge in [0.15, 0.2) is 16.3 Å². The highest BCUT2D eigenvalue weighted by Crippen LogP contribution is 2.42. The zero-order chi connectivity index (χ0) is 30.7. The number of benzene rings is 3. The Bertz CT molecular complexity index is 2190. The molecule has 5 aromatic rings. The van der Waals surface area contributed by atoms with Crippen LogP contribution in [0.5, 0.6) is 11.5 Å². The summed E-state index contributed by atoms with van der Waals surface area (Å²) in [5, 5.41) is 0.0607. The van der Waals surface area contributed by atoms with Gasteiger partial charge in [0.1, 0.15) is 5.82 Å². The normalized spacial score (nSPS) is 15.9. The molecular weight excluding hydrogens is 597 g/mol. The van der Waals surface area contributed by atoms with Crippen LogP contribution in [0, 0.1) is 19.7 Å². The van der Waals surface area contributed by atoms with Gasteiger partial charge in [-0.2, -0.15) is 0 Å². The van der Waals surface area contributed by atoms with E-state index in [1.165, 1.54) is 23.0 Å². The Kier molecular flexibility index (Phi) is 7.06. The van der Waals surface area contributed by atoms with E-state index in [-0.39, 0.29) is 16.6 Å². The molecule has 9 heteroatoms. The summed E-state index contributed by atoms with van der Waals surface area (Å²) in [6, 6.07) is 20.6. The average molecular weight is 626 g/mol. The van der Waals surface area contributed by atoms with Crippen LogP contribution in [0.2, 0.25) is 5.02 Å². The molecule has 0 saturated carbocycles. The van der Waals surface area contributed by atoms with Crippen LogP contribution in [0.15, 0.2) is 82.1 Å². The quantitative estimate of drug-likeness (QED) is 0.223. The van der Waals surface area contributed by atoms with Crippen molar-refractivity contribution in [2.45, 2.75) is 32.7 Å². The van der Waals surface area contributed by atoms with Crippen molar-refractivity contribution in [3.05, 3.63) is 136 Å². The number of rotatable bonds is 5. The number of ether oxygens (including phenoxy) is 2. The molecule has 0 spiro atoms. The molecule has 0 radical (unpaired) electrons. The smallest absolute Gasteiger partial charge is 0.271 e. The minimum atomic E-state index is -0.464. The van der Waals surface area contributed by atoms with E-state index in [0.717, 1.165) is 57.9 Å². The van der Waals surface area contributed by atoms with Crippen molar-refractivity contribution in [1.82, 2.24) is 9.13 Å². The van der Waals surface area contributed by atoms with Gasteiger partial charge in [-0.15, -0.1) is 0 Å². The van der Waals surface area contributed by atoms with Crippen LogP contribution in [-0.2, 0) is 6.42 Å². The molecule has 0 saturated heterocycles. The number of aryl methyl sites for hydroxylation is 2. The molecule has 0 N–H and O–H groups in total. The molecule has 0 unspecified atom stereocenters. The molecular formula is C35H29ClFN3O3S. The Labute approximate surface area is 262 Å². The fourth-order valence-electron chi connectivity index (χ4n) is 6.44. The molecule has 0 amide bonds. The fourth-order valence-corrected chi connectivity index (χ4v) is 7.61. The van der Waals surface area contributed by atoms with Crippen LogP contribution in [0.25, 0.3) is 17.5 Å². The van der Waals surface area contributed by atoms with Crippen LogP contribution in [0.4, 0.5) is 4.39 Å². The number of methoxy groups -OCH3 is 2. The summed E-state index contributed by atoms with van der Waals surface area (Å²) in [5.74, 6) is 0.772. The third kappa shape index (κ3) is 4.52. The average Bonchev–Trinajstić information content (AvgIpc) is 3.50. The molecule has 2 aliphatic rings. The van der Waals surface area contributed by atoms with E-state index in [4.69, 9.17) is 26.1 Å². The monoisotopic (exact) mass is 625 g/mol. The van der Waals surface area contributed by atoms with Gasteiger partial charge in [-0.05, 0) is 91.4 Å². The van der Waals surface area contributed by atoms with Gasteiger partial charge in [0.25, 0.3) is 5.56 Å². The Morgan fingerprint density at radius 3 is 2.57 bits per heavy atom. The Morgan fingerprint density at radius 1 is 1.00 bits per heavy atom. The fraction of sp³-hybridized carbons (Fsp3) is 0.200. The summed E-state index contributed by atoms with van der Waals surface area (Å²) < 4.78 is 29.5. The molecule has 3 aromatic carbocycles. The summed E-state index contributed by atoms with van der Waals surface area (Å²) in [4.78, 5) is 20.1.